The van der Waals surface area contributed by atoms with E-state index >= 15 is 0 Å². The van der Waals surface area contributed by atoms with Gasteiger partial charge in [0.25, 0.3) is 11.8 Å². The number of carbonyl (C=O) groups is 3. The molecule has 3 aromatic carbocycles. The first-order valence-corrected chi connectivity index (χ1v) is 12.3. The van der Waals surface area contributed by atoms with Crippen LogP contribution >= 0.6 is 0 Å². The lowest BCUT2D eigenvalue weighted by Crippen LogP contribution is -2.52. The van der Waals surface area contributed by atoms with Gasteiger partial charge in [-0.25, -0.2) is 0 Å². The predicted octanol–water partition coefficient (Wildman–Crippen LogP) is 3.88. The highest BCUT2D eigenvalue weighted by molar-refractivity contribution is 6.17. The summed E-state index contributed by atoms with van der Waals surface area (Å²) in [6.45, 7) is 0.888. The number of aromatic nitrogens is 1. The normalized spacial score (nSPS) is 18.0. The maximum Gasteiger partial charge on any atom is 0.260 e. The molecule has 4 aromatic rings. The number of benzene rings is 3. The number of methoxy groups -OCH3 is 1. The Kier molecular flexibility index (Phi) is 4.66. The van der Waals surface area contributed by atoms with Crippen LogP contribution in [0.1, 0.15) is 43.7 Å². The van der Waals surface area contributed by atoms with E-state index in [0.717, 1.165) is 33.5 Å². The Bertz CT molecular complexity index is 1620. The zero-order chi connectivity index (χ0) is 25.3. The monoisotopic (exact) mass is 492 g/mol. The van der Waals surface area contributed by atoms with Crippen LogP contribution < -0.4 is 9.64 Å². The number of aromatic amines is 1. The molecule has 1 atom stereocenters. The van der Waals surface area contributed by atoms with E-state index in [0.29, 0.717) is 36.3 Å². The number of fused-ring (bicyclic) bond motifs is 8. The highest BCUT2D eigenvalue weighted by Crippen LogP contribution is 2.45. The van der Waals surface area contributed by atoms with Crippen molar-refractivity contribution in [1.29, 1.82) is 0 Å². The third kappa shape index (κ3) is 3.11. The van der Waals surface area contributed by atoms with E-state index in [1.54, 1.807) is 46.1 Å². The number of hydrogen-bond acceptors (Lipinski definition) is 4. The van der Waals surface area contributed by atoms with E-state index in [2.05, 4.69) is 4.98 Å². The van der Waals surface area contributed by atoms with E-state index in [1.807, 2.05) is 42.5 Å². The fourth-order valence-corrected chi connectivity index (χ4v) is 5.91. The minimum atomic E-state index is -0.646. The Morgan fingerprint density at radius 3 is 2.62 bits per heavy atom. The van der Waals surface area contributed by atoms with Gasteiger partial charge in [-0.1, -0.05) is 30.3 Å². The second-order valence-electron chi connectivity index (χ2n) is 9.65. The molecule has 0 radical (unpaired) electrons. The number of ether oxygens (including phenoxy) is 1. The van der Waals surface area contributed by atoms with Crippen molar-refractivity contribution in [2.45, 2.75) is 19.1 Å². The molecular weight excluding hydrogens is 468 g/mol. The zero-order valence-corrected chi connectivity index (χ0v) is 20.2. The average Bonchev–Trinajstić information content (AvgIpc) is 3.45. The Balaban J connectivity index is 1.23. The number of hydrogen-bond donors (Lipinski definition) is 1. The van der Waals surface area contributed by atoms with Gasteiger partial charge in [-0.05, 0) is 36.4 Å². The van der Waals surface area contributed by atoms with Crippen molar-refractivity contribution in [1.82, 2.24) is 14.8 Å². The molecule has 3 aliphatic rings. The van der Waals surface area contributed by atoms with E-state index in [4.69, 9.17) is 4.74 Å². The average molecular weight is 493 g/mol. The Hall–Kier alpha value is -4.59. The smallest absolute Gasteiger partial charge is 0.260 e. The van der Waals surface area contributed by atoms with Gasteiger partial charge in [-0.3, -0.25) is 19.3 Å². The van der Waals surface area contributed by atoms with Gasteiger partial charge in [0.2, 0.25) is 5.91 Å². The van der Waals surface area contributed by atoms with Gasteiger partial charge in [-0.2, -0.15) is 0 Å². The van der Waals surface area contributed by atoms with Gasteiger partial charge < -0.3 is 19.5 Å². The number of amides is 3. The summed E-state index contributed by atoms with van der Waals surface area (Å²) in [4.78, 5) is 49.2. The number of H-pyrrole nitrogens is 1. The SMILES string of the molecule is COc1ccc2[nH]c3c(c2c1)CN(C(=O)CN1C(=O)c2ccccc2N2C(=O)c4ccccc4[C@H]12)CC3. The van der Waals surface area contributed by atoms with E-state index in [9.17, 15) is 14.4 Å². The molecule has 0 fully saturated rings. The first-order valence-electron chi connectivity index (χ1n) is 12.3. The van der Waals surface area contributed by atoms with Crippen LogP contribution in [0.3, 0.4) is 0 Å². The van der Waals surface area contributed by atoms with Crippen molar-refractivity contribution < 1.29 is 19.1 Å². The van der Waals surface area contributed by atoms with Gasteiger partial charge >= 0.3 is 0 Å². The second-order valence-corrected chi connectivity index (χ2v) is 9.65. The standard InChI is InChI=1S/C29H24N4O4/c1-37-17-10-11-23-21(14-17)22-15-31(13-12-24(22)30-23)26(34)16-32-27-18-6-2-3-7-19(18)29(36)33(27)25-9-5-4-8-20(25)28(32)35/h2-11,14,27,30H,12-13,15-16H2,1H3/t27-/m1/s1. The molecule has 0 bridgehead atoms. The third-order valence-corrected chi connectivity index (χ3v) is 7.72. The van der Waals surface area contributed by atoms with Crippen molar-refractivity contribution in [3.63, 3.8) is 0 Å². The number of para-hydroxylation sites is 1. The topological polar surface area (TPSA) is 85.9 Å². The van der Waals surface area contributed by atoms with Crippen LogP contribution in [0.15, 0.2) is 66.7 Å². The number of rotatable bonds is 3. The maximum atomic E-state index is 13.7. The minimum Gasteiger partial charge on any atom is -0.497 e. The molecule has 0 aliphatic carbocycles. The zero-order valence-electron chi connectivity index (χ0n) is 20.2. The molecule has 7 rings (SSSR count). The Morgan fingerprint density at radius 1 is 1.00 bits per heavy atom. The molecule has 0 unspecified atom stereocenters. The maximum absolute atomic E-state index is 13.7. The molecule has 0 saturated carbocycles. The van der Waals surface area contributed by atoms with Crippen LogP contribution in [0.25, 0.3) is 10.9 Å². The summed E-state index contributed by atoms with van der Waals surface area (Å²) >= 11 is 0. The van der Waals surface area contributed by atoms with Crippen molar-refractivity contribution in [2.75, 3.05) is 25.1 Å². The van der Waals surface area contributed by atoms with Crippen LogP contribution in [0.2, 0.25) is 0 Å². The van der Waals surface area contributed by atoms with E-state index < -0.39 is 6.17 Å². The molecule has 37 heavy (non-hydrogen) atoms. The lowest BCUT2D eigenvalue weighted by atomic mass is 10.0. The summed E-state index contributed by atoms with van der Waals surface area (Å²) in [6.07, 6.45) is 0.0545. The van der Waals surface area contributed by atoms with Crippen LogP contribution in [0.4, 0.5) is 5.69 Å². The number of nitrogens with zero attached hydrogens (tertiary/aromatic N) is 3. The van der Waals surface area contributed by atoms with Crippen molar-refractivity contribution in [3.05, 3.63) is 94.7 Å². The van der Waals surface area contributed by atoms with E-state index in [-0.39, 0.29) is 24.3 Å². The Labute approximate surface area is 213 Å². The molecule has 3 amide bonds. The summed E-state index contributed by atoms with van der Waals surface area (Å²) in [5, 5.41) is 1.04. The summed E-state index contributed by atoms with van der Waals surface area (Å²) < 4.78 is 5.40. The van der Waals surface area contributed by atoms with Crippen LogP contribution in [-0.2, 0) is 17.8 Å². The molecule has 0 saturated heterocycles. The first-order chi connectivity index (χ1) is 18.0. The molecular formula is C29H24N4O4. The lowest BCUT2D eigenvalue weighted by molar-refractivity contribution is -0.133. The predicted molar refractivity (Wildman–Crippen MR) is 137 cm³/mol. The quantitative estimate of drug-likeness (QED) is 0.470. The summed E-state index contributed by atoms with van der Waals surface area (Å²) in [7, 11) is 1.64. The largest absolute Gasteiger partial charge is 0.497 e. The van der Waals surface area contributed by atoms with E-state index in [1.165, 1.54) is 0 Å². The molecule has 184 valence electrons. The molecule has 8 nitrogen and oxygen atoms in total. The molecule has 3 aliphatic heterocycles. The summed E-state index contributed by atoms with van der Waals surface area (Å²) in [5.74, 6) is 0.213. The highest BCUT2D eigenvalue weighted by Gasteiger charge is 2.48. The molecule has 1 aromatic heterocycles. The summed E-state index contributed by atoms with van der Waals surface area (Å²) in [6, 6.07) is 20.3. The van der Waals surface area contributed by atoms with Crippen LogP contribution in [0, 0.1) is 0 Å². The fourth-order valence-electron chi connectivity index (χ4n) is 5.91. The van der Waals surface area contributed by atoms with Gasteiger partial charge in [0.05, 0.1) is 18.4 Å². The molecule has 4 heterocycles. The van der Waals surface area contributed by atoms with Gasteiger partial charge in [0.1, 0.15) is 18.5 Å². The number of carbonyl (C=O) groups excluding carboxylic acids is 3. The summed E-state index contributed by atoms with van der Waals surface area (Å²) in [5.41, 5.74) is 5.52. The lowest BCUT2D eigenvalue weighted by Gasteiger charge is -2.41. The van der Waals surface area contributed by atoms with Crippen LogP contribution in [-0.4, -0.2) is 52.7 Å². The fraction of sp³-hybridized carbons (Fsp3) is 0.207. The molecule has 1 N–H and O–H groups in total. The van der Waals surface area contributed by atoms with Crippen LogP contribution in [0.5, 0.6) is 5.75 Å². The third-order valence-electron chi connectivity index (χ3n) is 7.72. The Morgan fingerprint density at radius 2 is 1.78 bits per heavy atom. The van der Waals surface area contributed by atoms with Crippen molar-refractivity contribution >= 4 is 34.3 Å². The first kappa shape index (κ1) is 21.7. The molecule has 0 spiro atoms. The highest BCUT2D eigenvalue weighted by atomic mass is 16.5. The number of anilines is 1. The second kappa shape index (κ2) is 7.96. The van der Waals surface area contributed by atoms with Crippen molar-refractivity contribution in [3.8, 4) is 5.75 Å². The molecule has 8 heteroatoms. The van der Waals surface area contributed by atoms with Gasteiger partial charge in [-0.15, -0.1) is 0 Å². The minimum absolute atomic E-state index is 0.114. The van der Waals surface area contributed by atoms with Gasteiger partial charge in [0.15, 0.2) is 0 Å². The number of nitrogens with one attached hydrogen (secondary N) is 1. The van der Waals surface area contributed by atoms with Crippen molar-refractivity contribution in [2.24, 2.45) is 0 Å². The van der Waals surface area contributed by atoms with Gasteiger partial charge in [0, 0.05) is 52.8 Å².